The van der Waals surface area contributed by atoms with Crippen molar-refractivity contribution in [3.8, 4) is 0 Å². The number of hydrogen-bond donors (Lipinski definition) is 2. The molecule has 3 rings (SSSR count). The Hall–Kier alpha value is -2.21. The molecule has 1 unspecified atom stereocenters. The number of carbonyl (C=O) groups is 2. The number of amides is 2. The zero-order chi connectivity index (χ0) is 16.2. The Labute approximate surface area is 139 Å². The summed E-state index contributed by atoms with van der Waals surface area (Å²) in [5, 5.41) is 2.93. The van der Waals surface area contributed by atoms with Crippen molar-refractivity contribution in [3.63, 3.8) is 0 Å². The average Bonchev–Trinajstić information content (AvgIpc) is 3.22. The molecule has 0 saturated carbocycles. The minimum absolute atomic E-state index is 0.0892. The van der Waals surface area contributed by atoms with Gasteiger partial charge in [-0.1, -0.05) is 30.3 Å². The number of carbonyl (C=O) groups excluding carboxylic acids is 2. The number of hydrogen-bond acceptors (Lipinski definition) is 3. The maximum atomic E-state index is 12.6. The Morgan fingerprint density at radius 3 is 2.78 bits per heavy atom. The lowest BCUT2D eigenvalue weighted by Crippen LogP contribution is -2.47. The summed E-state index contributed by atoms with van der Waals surface area (Å²) in [6.45, 7) is 2.34. The molecule has 2 aromatic rings. The molecule has 2 heterocycles. The SMILES string of the molecule is Cc1[nH]ccc1C(=O)N1CSCC1C(=O)NCc1ccccc1. The van der Waals surface area contributed by atoms with Crippen LogP contribution in [0, 0.1) is 6.92 Å². The lowest BCUT2D eigenvalue weighted by atomic mass is 10.2. The molecule has 1 aliphatic rings. The summed E-state index contributed by atoms with van der Waals surface area (Å²) in [4.78, 5) is 29.8. The van der Waals surface area contributed by atoms with Gasteiger partial charge in [-0.3, -0.25) is 9.59 Å². The number of rotatable bonds is 4. The number of nitrogens with zero attached hydrogens (tertiary/aromatic N) is 1. The van der Waals surface area contributed by atoms with Crippen LogP contribution < -0.4 is 5.32 Å². The summed E-state index contributed by atoms with van der Waals surface area (Å²) in [7, 11) is 0. The van der Waals surface area contributed by atoms with E-state index in [4.69, 9.17) is 0 Å². The van der Waals surface area contributed by atoms with E-state index in [0.29, 0.717) is 23.7 Å². The third kappa shape index (κ3) is 3.42. The molecular weight excluding hydrogens is 310 g/mol. The molecule has 0 aliphatic carbocycles. The van der Waals surface area contributed by atoms with Crippen LogP contribution in [-0.2, 0) is 11.3 Å². The van der Waals surface area contributed by atoms with Crippen molar-refractivity contribution < 1.29 is 9.59 Å². The smallest absolute Gasteiger partial charge is 0.257 e. The molecule has 0 radical (unpaired) electrons. The van der Waals surface area contributed by atoms with Gasteiger partial charge in [-0.25, -0.2) is 0 Å². The molecule has 2 amide bonds. The summed E-state index contributed by atoms with van der Waals surface area (Å²) in [5.41, 5.74) is 2.51. The van der Waals surface area contributed by atoms with E-state index in [2.05, 4.69) is 10.3 Å². The van der Waals surface area contributed by atoms with E-state index in [9.17, 15) is 9.59 Å². The highest BCUT2D eigenvalue weighted by atomic mass is 32.2. The topological polar surface area (TPSA) is 65.2 Å². The Kier molecular flexibility index (Phi) is 4.71. The predicted molar refractivity (Wildman–Crippen MR) is 91.1 cm³/mol. The number of H-pyrrole nitrogens is 1. The van der Waals surface area contributed by atoms with Crippen LogP contribution in [0.15, 0.2) is 42.6 Å². The van der Waals surface area contributed by atoms with Crippen LogP contribution in [0.5, 0.6) is 0 Å². The number of benzene rings is 1. The fraction of sp³-hybridized carbons (Fsp3) is 0.294. The van der Waals surface area contributed by atoms with E-state index in [-0.39, 0.29) is 11.8 Å². The van der Waals surface area contributed by atoms with Crippen LogP contribution in [0.4, 0.5) is 0 Å². The number of aromatic amines is 1. The second-order valence-corrected chi connectivity index (χ2v) is 6.51. The summed E-state index contributed by atoms with van der Waals surface area (Å²) < 4.78 is 0. The lowest BCUT2D eigenvalue weighted by Gasteiger charge is -2.23. The molecule has 1 atom stereocenters. The summed E-state index contributed by atoms with van der Waals surface area (Å²) in [5.74, 6) is 0.997. The number of aromatic nitrogens is 1. The van der Waals surface area contributed by atoms with Gasteiger partial charge in [0.15, 0.2) is 0 Å². The van der Waals surface area contributed by atoms with E-state index in [1.165, 1.54) is 0 Å². The van der Waals surface area contributed by atoms with Gasteiger partial charge in [0.1, 0.15) is 6.04 Å². The van der Waals surface area contributed by atoms with Gasteiger partial charge >= 0.3 is 0 Å². The van der Waals surface area contributed by atoms with Crippen molar-refractivity contribution in [3.05, 3.63) is 59.4 Å². The van der Waals surface area contributed by atoms with Crippen molar-refractivity contribution >= 4 is 23.6 Å². The summed E-state index contributed by atoms with van der Waals surface area (Å²) in [6, 6.07) is 11.1. The van der Waals surface area contributed by atoms with Crippen LogP contribution in [0.25, 0.3) is 0 Å². The predicted octanol–water partition coefficient (Wildman–Crippen LogP) is 2.15. The Balaban J connectivity index is 1.65. The monoisotopic (exact) mass is 329 g/mol. The molecule has 1 fully saturated rings. The standard InChI is InChI=1S/C17H19N3O2S/c1-12-14(7-8-18-12)17(22)20-11-23-10-15(20)16(21)19-9-13-5-3-2-4-6-13/h2-8,15,18H,9-11H2,1H3,(H,19,21). The van der Waals surface area contributed by atoms with Gasteiger partial charge in [0, 0.05) is 24.2 Å². The first-order valence-corrected chi connectivity index (χ1v) is 8.66. The Morgan fingerprint density at radius 2 is 2.09 bits per heavy atom. The quantitative estimate of drug-likeness (QED) is 0.903. The average molecular weight is 329 g/mol. The maximum absolute atomic E-state index is 12.6. The van der Waals surface area contributed by atoms with Crippen LogP contribution in [0.2, 0.25) is 0 Å². The fourth-order valence-corrected chi connectivity index (χ4v) is 3.76. The zero-order valence-corrected chi connectivity index (χ0v) is 13.7. The Morgan fingerprint density at radius 1 is 1.30 bits per heavy atom. The number of nitrogens with one attached hydrogen (secondary N) is 2. The fourth-order valence-electron chi connectivity index (χ4n) is 2.60. The van der Waals surface area contributed by atoms with Gasteiger partial charge in [-0.2, -0.15) is 0 Å². The minimum Gasteiger partial charge on any atom is -0.365 e. The second kappa shape index (κ2) is 6.91. The van der Waals surface area contributed by atoms with Crippen molar-refractivity contribution in [2.75, 3.05) is 11.6 Å². The zero-order valence-electron chi connectivity index (χ0n) is 12.9. The summed E-state index contributed by atoms with van der Waals surface area (Å²) in [6.07, 6.45) is 1.75. The highest BCUT2D eigenvalue weighted by Crippen LogP contribution is 2.24. The highest BCUT2D eigenvalue weighted by Gasteiger charge is 2.35. The van der Waals surface area contributed by atoms with Crippen molar-refractivity contribution in [2.45, 2.75) is 19.5 Å². The number of aryl methyl sites for hydroxylation is 1. The molecule has 5 nitrogen and oxygen atoms in total. The second-order valence-electron chi connectivity index (χ2n) is 5.51. The molecule has 120 valence electrons. The van der Waals surface area contributed by atoms with E-state index in [1.807, 2.05) is 37.3 Å². The molecule has 0 bridgehead atoms. The normalized spacial score (nSPS) is 17.3. The first kappa shape index (κ1) is 15.7. The van der Waals surface area contributed by atoms with Gasteiger partial charge in [-0.15, -0.1) is 11.8 Å². The molecule has 1 aromatic heterocycles. The number of thioether (sulfide) groups is 1. The Bertz CT molecular complexity index is 699. The van der Waals surface area contributed by atoms with Crippen LogP contribution in [0.1, 0.15) is 21.6 Å². The van der Waals surface area contributed by atoms with Gasteiger partial charge in [-0.05, 0) is 18.6 Å². The molecule has 2 N–H and O–H groups in total. The van der Waals surface area contributed by atoms with Gasteiger partial charge in [0.05, 0.1) is 11.4 Å². The largest absolute Gasteiger partial charge is 0.365 e. The minimum atomic E-state index is -0.412. The van der Waals surface area contributed by atoms with Gasteiger partial charge in [0.25, 0.3) is 5.91 Å². The lowest BCUT2D eigenvalue weighted by molar-refractivity contribution is -0.124. The molecule has 1 aromatic carbocycles. The maximum Gasteiger partial charge on any atom is 0.257 e. The molecule has 6 heteroatoms. The summed E-state index contributed by atoms with van der Waals surface area (Å²) >= 11 is 1.61. The van der Waals surface area contributed by atoms with Crippen molar-refractivity contribution in [1.82, 2.24) is 15.2 Å². The molecule has 0 spiro atoms. The van der Waals surface area contributed by atoms with Crippen LogP contribution in [0.3, 0.4) is 0 Å². The van der Waals surface area contributed by atoms with E-state index < -0.39 is 6.04 Å². The van der Waals surface area contributed by atoms with Crippen molar-refractivity contribution in [2.24, 2.45) is 0 Å². The highest BCUT2D eigenvalue weighted by molar-refractivity contribution is 7.99. The van der Waals surface area contributed by atoms with Crippen LogP contribution in [-0.4, -0.2) is 39.4 Å². The first-order valence-electron chi connectivity index (χ1n) is 7.51. The van der Waals surface area contributed by atoms with Crippen molar-refractivity contribution in [1.29, 1.82) is 0 Å². The third-order valence-corrected chi connectivity index (χ3v) is 4.95. The van der Waals surface area contributed by atoms with Gasteiger partial charge in [0.2, 0.25) is 5.91 Å². The molecule has 23 heavy (non-hydrogen) atoms. The molecule has 1 aliphatic heterocycles. The third-order valence-electron chi connectivity index (χ3n) is 3.94. The first-order chi connectivity index (χ1) is 11.2. The van der Waals surface area contributed by atoms with E-state index in [1.54, 1.807) is 28.9 Å². The molecular formula is C17H19N3O2S. The van der Waals surface area contributed by atoms with E-state index >= 15 is 0 Å². The molecule has 1 saturated heterocycles. The van der Waals surface area contributed by atoms with Crippen LogP contribution >= 0.6 is 11.8 Å². The van der Waals surface area contributed by atoms with E-state index in [0.717, 1.165) is 11.3 Å². The van der Waals surface area contributed by atoms with Gasteiger partial charge < -0.3 is 15.2 Å².